The number of carboxylic acids is 1. The minimum atomic E-state index is -4.70. The third-order valence-electron chi connectivity index (χ3n) is 9.39. The van der Waals surface area contributed by atoms with E-state index < -0.39 is 58.6 Å². The molecule has 1 saturated heterocycles. The van der Waals surface area contributed by atoms with Crippen molar-refractivity contribution < 1.29 is 101 Å². The van der Waals surface area contributed by atoms with Gasteiger partial charge in [-0.05, 0) is 95.1 Å². The van der Waals surface area contributed by atoms with Crippen molar-refractivity contribution in [1.29, 1.82) is 0 Å². The van der Waals surface area contributed by atoms with E-state index in [0.717, 1.165) is 12.2 Å². The monoisotopic (exact) mass is 992 g/mol. The summed E-state index contributed by atoms with van der Waals surface area (Å²) in [6, 6.07) is 17.7. The maximum Gasteiger partial charge on any atom is 0.446 e. The molecule has 4 aromatic carbocycles. The van der Waals surface area contributed by atoms with Crippen molar-refractivity contribution in [1.82, 2.24) is 0 Å². The van der Waals surface area contributed by atoms with E-state index in [4.69, 9.17) is 33.0 Å². The number of carboxylic acid groups (broad SMARTS) is 1. The molecular formula is C48H48O21S. The number of hydrogen-bond acceptors (Lipinski definition) is 19. The van der Waals surface area contributed by atoms with Crippen LogP contribution in [0.3, 0.4) is 0 Å². The summed E-state index contributed by atoms with van der Waals surface area (Å²) in [7, 11) is 0.723. The number of phenolic OH excluding ortho intramolecular Hbond substituents is 2. The number of allylic oxidation sites excluding steroid dienone is 6. The van der Waals surface area contributed by atoms with E-state index in [1.54, 1.807) is 24.3 Å². The van der Waals surface area contributed by atoms with Gasteiger partial charge in [-0.2, -0.15) is 8.42 Å². The van der Waals surface area contributed by atoms with Gasteiger partial charge in [-0.25, -0.2) is 4.79 Å². The van der Waals surface area contributed by atoms with Crippen molar-refractivity contribution in [3.8, 4) is 46.0 Å². The summed E-state index contributed by atoms with van der Waals surface area (Å²) >= 11 is 0. The van der Waals surface area contributed by atoms with Gasteiger partial charge in [0.1, 0.15) is 29.8 Å². The number of benzene rings is 4. The lowest BCUT2D eigenvalue weighted by Crippen LogP contribution is -2.61. The molecule has 0 amide bonds. The molecule has 0 radical (unpaired) electrons. The molecule has 70 heavy (non-hydrogen) atoms. The predicted molar refractivity (Wildman–Crippen MR) is 250 cm³/mol. The molecule has 21 nitrogen and oxygen atoms in total. The smallest absolute Gasteiger partial charge is 0.446 e. The lowest BCUT2D eigenvalue weighted by Gasteiger charge is -2.38. The van der Waals surface area contributed by atoms with Crippen LogP contribution in [0.25, 0.3) is 24.3 Å². The quantitative estimate of drug-likeness (QED) is 0.0265. The van der Waals surface area contributed by atoms with Crippen LogP contribution in [0.5, 0.6) is 46.0 Å². The second-order valence-electron chi connectivity index (χ2n) is 14.3. The Balaban J connectivity index is 0.000000313. The zero-order valence-corrected chi connectivity index (χ0v) is 38.2. The molecule has 1 aliphatic rings. The minimum Gasteiger partial charge on any atom is -0.508 e. The molecule has 1 aliphatic heterocycles. The molecule has 0 saturated carbocycles. The summed E-state index contributed by atoms with van der Waals surface area (Å²) in [5, 5.41) is 78.3. The lowest BCUT2D eigenvalue weighted by atomic mass is 9.99. The van der Waals surface area contributed by atoms with Crippen molar-refractivity contribution in [3.05, 3.63) is 143 Å². The van der Waals surface area contributed by atoms with Crippen LogP contribution in [0.2, 0.25) is 0 Å². The number of aliphatic hydroxyl groups is 5. The number of ether oxygens (including phenoxy) is 6. The van der Waals surface area contributed by atoms with Crippen LogP contribution < -0.4 is 27.9 Å². The van der Waals surface area contributed by atoms with E-state index in [0.29, 0.717) is 22.3 Å². The highest BCUT2D eigenvalue weighted by molar-refractivity contribution is 7.81. The molecule has 0 aliphatic carbocycles. The maximum absolute atomic E-state index is 12.2. The van der Waals surface area contributed by atoms with E-state index in [2.05, 4.69) is 4.18 Å². The number of aliphatic carboxylic acids is 1. The number of carbonyl (C=O) groups excluding carboxylic acids is 2. The number of ketones is 2. The second kappa shape index (κ2) is 25.3. The molecule has 4 aromatic rings. The summed E-state index contributed by atoms with van der Waals surface area (Å²) in [6.07, 6.45) is 4.05. The number of carbonyl (C=O) groups is 3. The molecule has 5 unspecified atom stereocenters. The van der Waals surface area contributed by atoms with Gasteiger partial charge < -0.3 is 73.5 Å². The van der Waals surface area contributed by atoms with Gasteiger partial charge in [0.15, 0.2) is 63.7 Å². The normalized spacial score (nSPS) is 18.6. The van der Waals surface area contributed by atoms with Crippen LogP contribution in [0, 0.1) is 0 Å². The molecule has 5 atom stereocenters. The first-order chi connectivity index (χ1) is 33.1. The summed E-state index contributed by atoms with van der Waals surface area (Å²) < 4.78 is 65.7. The highest BCUT2D eigenvalue weighted by Crippen LogP contribution is 2.34. The first-order valence-corrected chi connectivity index (χ1v) is 21.5. The van der Waals surface area contributed by atoms with E-state index in [1.807, 2.05) is 0 Å². The third kappa shape index (κ3) is 16.3. The van der Waals surface area contributed by atoms with Crippen molar-refractivity contribution in [2.24, 2.45) is 0 Å². The fourth-order valence-electron chi connectivity index (χ4n) is 5.93. The van der Waals surface area contributed by atoms with Crippen LogP contribution in [0.4, 0.5) is 0 Å². The van der Waals surface area contributed by atoms with Gasteiger partial charge in [0.2, 0.25) is 6.29 Å². The summed E-state index contributed by atoms with van der Waals surface area (Å²) in [6.45, 7) is 0. The van der Waals surface area contributed by atoms with Crippen molar-refractivity contribution >= 4 is 52.2 Å². The van der Waals surface area contributed by atoms with Crippen molar-refractivity contribution in [2.45, 2.75) is 30.7 Å². The fraction of sp³-hybridized carbons (Fsp3) is 0.188. The fourth-order valence-corrected chi connectivity index (χ4v) is 6.29. The first kappa shape index (κ1) is 54.5. The molecule has 9 N–H and O–H groups in total. The minimum absolute atomic E-state index is 0.0251. The highest BCUT2D eigenvalue weighted by atomic mass is 32.3. The maximum atomic E-state index is 12.2. The van der Waals surface area contributed by atoms with Gasteiger partial charge in [-0.15, -0.1) is 0 Å². The predicted octanol–water partition coefficient (Wildman–Crippen LogP) is 4.75. The molecule has 0 spiro atoms. The van der Waals surface area contributed by atoms with E-state index in [9.17, 15) is 63.7 Å². The Morgan fingerprint density at radius 1 is 0.529 bits per heavy atom. The molecule has 5 rings (SSSR count). The largest absolute Gasteiger partial charge is 0.508 e. The number of aromatic hydroxyl groups is 2. The molecule has 1 heterocycles. The van der Waals surface area contributed by atoms with Gasteiger partial charge in [0, 0.05) is 12.2 Å². The van der Waals surface area contributed by atoms with Crippen LogP contribution in [-0.2, 0) is 29.5 Å². The molecular weight excluding hydrogens is 945 g/mol. The number of rotatable bonds is 19. The van der Waals surface area contributed by atoms with Gasteiger partial charge in [-0.1, -0.05) is 48.6 Å². The van der Waals surface area contributed by atoms with Crippen LogP contribution >= 0.6 is 0 Å². The second-order valence-corrected chi connectivity index (χ2v) is 15.3. The number of aliphatic hydroxyl groups excluding tert-OH is 5. The van der Waals surface area contributed by atoms with Crippen LogP contribution in [0.15, 0.2) is 121 Å². The third-order valence-corrected chi connectivity index (χ3v) is 9.78. The van der Waals surface area contributed by atoms with Gasteiger partial charge in [0.05, 0.1) is 28.4 Å². The van der Waals surface area contributed by atoms with E-state index in [-0.39, 0.29) is 57.5 Å². The average molecular weight is 993 g/mol. The molecule has 0 aromatic heterocycles. The summed E-state index contributed by atoms with van der Waals surface area (Å²) in [4.78, 5) is 35.4. The number of phenols is 2. The van der Waals surface area contributed by atoms with Crippen LogP contribution in [-0.4, -0.2) is 131 Å². The standard InChI is InChI=1S/C27H28O12.C21H20O9S/c1-36-20-11-14(5-9-18(20)30)3-7-16(28)13-17(29)8-4-15-6-10-19(21(12-15)37-2)38-27-24(33)22(31)23(32)25(39-27)26(34)35;1-28-20-11-14(5-9-18(20)24)3-7-16(22)13-17(23)8-4-15-6-10-19(21(12-15)29-2)30-31(25,26)27/h3-13,22-25,27,29-33H,1-2H3,(H,34,35);3-13,23-24H,1-2H3,(H,25,26,27)/b2*7-3+,8-4+,17-13-. The Bertz CT molecular complexity index is 2810. The number of methoxy groups -OCH3 is 4. The average Bonchev–Trinajstić information content (AvgIpc) is 3.32. The zero-order chi connectivity index (χ0) is 51.7. The van der Waals surface area contributed by atoms with Crippen molar-refractivity contribution in [2.75, 3.05) is 28.4 Å². The van der Waals surface area contributed by atoms with E-state index >= 15 is 0 Å². The molecule has 0 bridgehead atoms. The molecule has 372 valence electrons. The van der Waals surface area contributed by atoms with Gasteiger partial charge >= 0.3 is 16.4 Å². The Hall–Kier alpha value is -8.12. The van der Waals surface area contributed by atoms with Gasteiger partial charge in [0.25, 0.3) is 0 Å². The van der Waals surface area contributed by atoms with E-state index in [1.165, 1.54) is 126 Å². The van der Waals surface area contributed by atoms with Crippen molar-refractivity contribution in [3.63, 3.8) is 0 Å². The summed E-state index contributed by atoms with van der Waals surface area (Å²) in [5.74, 6) is -2.73. The van der Waals surface area contributed by atoms with Crippen LogP contribution in [0.1, 0.15) is 22.3 Å². The molecule has 1 fully saturated rings. The summed E-state index contributed by atoms with van der Waals surface area (Å²) in [5.41, 5.74) is 2.23. The Kier molecular flexibility index (Phi) is 19.7. The topological polar surface area (TPSA) is 332 Å². The number of hydrogen-bond donors (Lipinski definition) is 9. The first-order valence-electron chi connectivity index (χ1n) is 20.1. The highest BCUT2D eigenvalue weighted by Gasteiger charge is 2.48. The zero-order valence-electron chi connectivity index (χ0n) is 37.4. The molecule has 22 heteroatoms. The lowest BCUT2D eigenvalue weighted by molar-refractivity contribution is -0.271. The Morgan fingerprint density at radius 3 is 1.33 bits per heavy atom. The Labute approximate surface area is 400 Å². The SMILES string of the molecule is COc1cc(/C=C/C(=O)/C=C(O)/C=C/c2ccc(OC3OC(C(=O)O)C(O)C(O)C3O)c(OC)c2)ccc1O.COc1cc(/C=C/C(=O)/C=C(O)/C=C/c2ccc(OS(=O)(=O)O)c(OC)c2)ccc1O. The Morgan fingerprint density at radius 2 is 0.914 bits per heavy atom. The van der Waals surface area contributed by atoms with Gasteiger partial charge in [-0.3, -0.25) is 14.1 Å².